The van der Waals surface area contributed by atoms with Crippen molar-refractivity contribution in [3.63, 3.8) is 0 Å². The fraction of sp³-hybridized carbons (Fsp3) is 0.133. The Hall–Kier alpha value is -1.45. The molecule has 0 bridgehead atoms. The van der Waals surface area contributed by atoms with Gasteiger partial charge < -0.3 is 4.90 Å². The summed E-state index contributed by atoms with van der Waals surface area (Å²) in [5.74, 6) is -0.0412. The third kappa shape index (κ3) is 3.52. The molecule has 0 aliphatic carbocycles. The van der Waals surface area contributed by atoms with E-state index in [2.05, 4.69) is 12.6 Å². The lowest BCUT2D eigenvalue weighted by Gasteiger charge is -2.18. The monoisotopic (exact) mass is 291 g/mol. The van der Waals surface area contributed by atoms with Gasteiger partial charge >= 0.3 is 0 Å². The minimum absolute atomic E-state index is 0.0412. The fourth-order valence-corrected chi connectivity index (χ4v) is 2.18. The van der Waals surface area contributed by atoms with Crippen LogP contribution in [0.5, 0.6) is 0 Å². The van der Waals surface area contributed by atoms with Crippen molar-refractivity contribution in [1.82, 2.24) is 4.90 Å². The first kappa shape index (κ1) is 14.0. The van der Waals surface area contributed by atoms with Gasteiger partial charge in [0.05, 0.1) is 5.56 Å². The summed E-state index contributed by atoms with van der Waals surface area (Å²) in [5, 5.41) is 0.693. The maximum atomic E-state index is 12.3. The van der Waals surface area contributed by atoms with E-state index < -0.39 is 0 Å². The highest BCUT2D eigenvalue weighted by Gasteiger charge is 2.14. The Morgan fingerprint density at radius 3 is 2.42 bits per heavy atom. The van der Waals surface area contributed by atoms with E-state index in [9.17, 15) is 4.79 Å². The molecular formula is C15H14ClNOS. The maximum Gasteiger partial charge on any atom is 0.255 e. The van der Waals surface area contributed by atoms with Gasteiger partial charge in [0.1, 0.15) is 0 Å². The molecular weight excluding hydrogens is 278 g/mol. The molecule has 2 nitrogen and oxygen atoms in total. The third-order valence-corrected chi connectivity index (χ3v) is 3.46. The number of amides is 1. The smallest absolute Gasteiger partial charge is 0.255 e. The number of hydrogen-bond acceptors (Lipinski definition) is 2. The van der Waals surface area contributed by atoms with Crippen molar-refractivity contribution in [3.8, 4) is 0 Å². The predicted molar refractivity (Wildman–Crippen MR) is 80.9 cm³/mol. The van der Waals surface area contributed by atoms with E-state index in [-0.39, 0.29) is 5.91 Å². The molecule has 4 heteroatoms. The molecule has 0 aliphatic rings. The lowest BCUT2D eigenvalue weighted by Crippen LogP contribution is -2.26. The van der Waals surface area contributed by atoms with E-state index in [0.29, 0.717) is 22.0 Å². The Morgan fingerprint density at radius 2 is 1.79 bits per heavy atom. The minimum atomic E-state index is -0.0412. The van der Waals surface area contributed by atoms with Crippen LogP contribution in [0.4, 0.5) is 0 Å². The summed E-state index contributed by atoms with van der Waals surface area (Å²) in [6.07, 6.45) is 0. The second-order valence-electron chi connectivity index (χ2n) is 4.30. The highest BCUT2D eigenvalue weighted by atomic mass is 35.5. The molecule has 0 heterocycles. The number of thiol groups is 1. The normalized spacial score (nSPS) is 10.3. The van der Waals surface area contributed by atoms with Gasteiger partial charge in [-0.3, -0.25) is 4.79 Å². The molecule has 0 aromatic heterocycles. The van der Waals surface area contributed by atoms with Crippen LogP contribution in [-0.2, 0) is 6.54 Å². The third-order valence-electron chi connectivity index (χ3n) is 2.81. The lowest BCUT2D eigenvalue weighted by molar-refractivity contribution is 0.0782. The van der Waals surface area contributed by atoms with Crippen LogP contribution in [0, 0.1) is 0 Å². The zero-order chi connectivity index (χ0) is 13.8. The average Bonchev–Trinajstić information content (AvgIpc) is 2.41. The summed E-state index contributed by atoms with van der Waals surface area (Å²) < 4.78 is 0. The van der Waals surface area contributed by atoms with Crippen LogP contribution in [0.15, 0.2) is 53.4 Å². The van der Waals surface area contributed by atoms with Crippen LogP contribution in [0.1, 0.15) is 15.9 Å². The number of hydrogen-bond donors (Lipinski definition) is 1. The lowest BCUT2D eigenvalue weighted by atomic mass is 10.1. The SMILES string of the molecule is CN(Cc1ccc(Cl)cc1)C(=O)c1ccccc1S. The zero-order valence-electron chi connectivity index (χ0n) is 10.5. The molecule has 0 spiro atoms. The van der Waals surface area contributed by atoms with Gasteiger partial charge in [0.25, 0.3) is 5.91 Å². The first-order valence-electron chi connectivity index (χ1n) is 5.86. The molecule has 0 aliphatic heterocycles. The topological polar surface area (TPSA) is 20.3 Å². The second-order valence-corrected chi connectivity index (χ2v) is 5.22. The quantitative estimate of drug-likeness (QED) is 0.851. The summed E-state index contributed by atoms with van der Waals surface area (Å²) >= 11 is 10.1. The van der Waals surface area contributed by atoms with Gasteiger partial charge in [-0.2, -0.15) is 0 Å². The Bertz CT molecular complexity index is 583. The number of carbonyl (C=O) groups is 1. The summed E-state index contributed by atoms with van der Waals surface area (Å²) in [4.78, 5) is 14.6. The zero-order valence-corrected chi connectivity index (χ0v) is 12.2. The molecule has 0 radical (unpaired) electrons. The number of benzene rings is 2. The Kier molecular flexibility index (Phi) is 4.51. The molecule has 0 unspecified atom stereocenters. The van der Waals surface area contributed by atoms with Crippen LogP contribution in [0.3, 0.4) is 0 Å². The van der Waals surface area contributed by atoms with Crippen LogP contribution in [0.2, 0.25) is 5.02 Å². The standard InChI is InChI=1S/C15H14ClNOS/c1-17(10-11-6-8-12(16)9-7-11)15(18)13-4-2-3-5-14(13)19/h2-9,19H,10H2,1H3. The Morgan fingerprint density at radius 1 is 1.16 bits per heavy atom. The molecule has 0 atom stereocenters. The van der Waals surface area contributed by atoms with Gasteiger partial charge in [-0.05, 0) is 29.8 Å². The van der Waals surface area contributed by atoms with Crippen molar-refractivity contribution >= 4 is 30.1 Å². The molecule has 1 amide bonds. The summed E-state index contributed by atoms with van der Waals surface area (Å²) in [7, 11) is 1.77. The first-order chi connectivity index (χ1) is 9.08. The number of halogens is 1. The van der Waals surface area contributed by atoms with Gasteiger partial charge in [-0.25, -0.2) is 0 Å². The van der Waals surface area contributed by atoms with Crippen LogP contribution < -0.4 is 0 Å². The molecule has 2 aromatic carbocycles. The molecule has 0 N–H and O–H groups in total. The minimum Gasteiger partial charge on any atom is -0.337 e. The average molecular weight is 292 g/mol. The summed E-state index contributed by atoms with van der Waals surface area (Å²) in [6.45, 7) is 0.540. The van der Waals surface area contributed by atoms with Gasteiger partial charge in [0, 0.05) is 23.5 Å². The van der Waals surface area contributed by atoms with E-state index in [1.807, 2.05) is 42.5 Å². The largest absolute Gasteiger partial charge is 0.337 e. The van der Waals surface area contributed by atoms with Gasteiger partial charge in [-0.1, -0.05) is 35.9 Å². The maximum absolute atomic E-state index is 12.3. The molecule has 0 saturated heterocycles. The number of rotatable bonds is 3. The number of carbonyl (C=O) groups excluding carboxylic acids is 1. The van der Waals surface area contributed by atoms with E-state index in [4.69, 9.17) is 11.6 Å². The Balaban J connectivity index is 2.12. The van der Waals surface area contributed by atoms with Crippen molar-refractivity contribution < 1.29 is 4.79 Å². The van der Waals surface area contributed by atoms with E-state index in [1.165, 1.54) is 0 Å². The predicted octanol–water partition coefficient (Wildman–Crippen LogP) is 3.90. The van der Waals surface area contributed by atoms with Crippen molar-refractivity contribution in [3.05, 3.63) is 64.7 Å². The molecule has 2 rings (SSSR count). The summed E-state index contributed by atoms with van der Waals surface area (Å²) in [6, 6.07) is 14.8. The van der Waals surface area contributed by atoms with Crippen molar-refractivity contribution in [2.75, 3.05) is 7.05 Å². The van der Waals surface area contributed by atoms with Crippen molar-refractivity contribution in [2.24, 2.45) is 0 Å². The molecule has 98 valence electrons. The van der Waals surface area contributed by atoms with E-state index in [0.717, 1.165) is 5.56 Å². The fourth-order valence-electron chi connectivity index (χ4n) is 1.80. The Labute approximate surface area is 123 Å². The molecule has 19 heavy (non-hydrogen) atoms. The highest BCUT2D eigenvalue weighted by molar-refractivity contribution is 7.80. The van der Waals surface area contributed by atoms with Gasteiger partial charge in [0.2, 0.25) is 0 Å². The molecule has 2 aromatic rings. The molecule has 0 fully saturated rings. The van der Waals surface area contributed by atoms with Crippen molar-refractivity contribution in [1.29, 1.82) is 0 Å². The van der Waals surface area contributed by atoms with Gasteiger partial charge in [-0.15, -0.1) is 12.6 Å². The van der Waals surface area contributed by atoms with Crippen LogP contribution in [-0.4, -0.2) is 17.9 Å². The first-order valence-corrected chi connectivity index (χ1v) is 6.68. The van der Waals surface area contributed by atoms with Gasteiger partial charge in [0.15, 0.2) is 0 Å². The van der Waals surface area contributed by atoms with E-state index in [1.54, 1.807) is 18.0 Å². The summed E-state index contributed by atoms with van der Waals surface area (Å²) in [5.41, 5.74) is 1.65. The van der Waals surface area contributed by atoms with Crippen molar-refractivity contribution in [2.45, 2.75) is 11.4 Å². The number of nitrogens with zero attached hydrogens (tertiary/aromatic N) is 1. The second kappa shape index (κ2) is 6.13. The van der Waals surface area contributed by atoms with Crippen LogP contribution >= 0.6 is 24.2 Å². The highest BCUT2D eigenvalue weighted by Crippen LogP contribution is 2.17. The molecule has 0 saturated carbocycles. The van der Waals surface area contributed by atoms with E-state index >= 15 is 0 Å². The van der Waals surface area contributed by atoms with Crippen LogP contribution in [0.25, 0.3) is 0 Å².